The lowest BCUT2D eigenvalue weighted by Crippen LogP contribution is -2.41. The summed E-state index contributed by atoms with van der Waals surface area (Å²) in [6.07, 6.45) is 2.16. The highest BCUT2D eigenvalue weighted by atomic mass is 32.2. The molecular weight excluding hydrogens is 512 g/mol. The summed E-state index contributed by atoms with van der Waals surface area (Å²) in [6.45, 7) is 1.75. The molecule has 2 aromatic carbocycles. The SMILES string of the molecule is CC(=O)NC(CSC(=O)c1cc(-c2ccc(F)cc2F)ccc1O)C(=O)O.NCCCC[C@H](N)C(=O)O. The Hall–Kier alpha value is -3.55. The molecule has 1 unspecified atom stereocenters. The second kappa shape index (κ2) is 15.5. The number of aliphatic carboxylic acids is 2. The van der Waals surface area contributed by atoms with Crippen LogP contribution in [0.1, 0.15) is 36.5 Å². The van der Waals surface area contributed by atoms with Crippen LogP contribution in [0, 0.1) is 11.6 Å². The van der Waals surface area contributed by atoms with E-state index in [4.69, 9.17) is 21.7 Å². The molecule has 8 N–H and O–H groups in total. The van der Waals surface area contributed by atoms with Gasteiger partial charge < -0.3 is 32.1 Å². The van der Waals surface area contributed by atoms with Crippen molar-refractivity contribution in [2.75, 3.05) is 12.3 Å². The average molecular weight is 542 g/mol. The fraction of sp³-hybridized carbons (Fsp3) is 0.333. The summed E-state index contributed by atoms with van der Waals surface area (Å²) < 4.78 is 27.0. The van der Waals surface area contributed by atoms with Crippen LogP contribution < -0.4 is 16.8 Å². The first-order valence-electron chi connectivity index (χ1n) is 11.0. The number of nitrogens with one attached hydrogen (secondary N) is 1. The Balaban J connectivity index is 0.000000580. The molecule has 2 atom stereocenters. The van der Waals surface area contributed by atoms with Gasteiger partial charge in [0.15, 0.2) is 0 Å². The average Bonchev–Trinajstić information content (AvgIpc) is 2.82. The Labute approximate surface area is 216 Å². The van der Waals surface area contributed by atoms with E-state index >= 15 is 0 Å². The van der Waals surface area contributed by atoms with Crippen LogP contribution in [0.15, 0.2) is 36.4 Å². The first-order valence-corrected chi connectivity index (χ1v) is 12.0. The minimum atomic E-state index is -1.31. The number of nitrogens with two attached hydrogens (primary N) is 2. The number of unbranched alkanes of at least 4 members (excludes halogenated alkanes) is 1. The Morgan fingerprint density at radius 2 is 1.70 bits per heavy atom. The van der Waals surface area contributed by atoms with E-state index in [9.17, 15) is 33.1 Å². The van der Waals surface area contributed by atoms with Crippen molar-refractivity contribution in [3.63, 3.8) is 0 Å². The summed E-state index contributed by atoms with van der Waals surface area (Å²) >= 11 is 0.584. The molecule has 1 amide bonds. The van der Waals surface area contributed by atoms with Crippen molar-refractivity contribution in [1.29, 1.82) is 0 Å². The van der Waals surface area contributed by atoms with Crippen molar-refractivity contribution < 1.29 is 43.3 Å². The Kier molecular flexibility index (Phi) is 13.2. The number of benzene rings is 2. The number of thioether (sulfide) groups is 1. The molecule has 37 heavy (non-hydrogen) atoms. The number of carboxylic acid groups (broad SMARTS) is 2. The van der Waals surface area contributed by atoms with E-state index < -0.39 is 46.7 Å². The molecule has 0 spiro atoms. The summed E-state index contributed by atoms with van der Waals surface area (Å²) in [4.78, 5) is 44.6. The fourth-order valence-corrected chi connectivity index (χ4v) is 3.74. The highest BCUT2D eigenvalue weighted by molar-refractivity contribution is 8.14. The van der Waals surface area contributed by atoms with Crippen molar-refractivity contribution in [2.45, 2.75) is 38.3 Å². The number of rotatable bonds is 11. The molecule has 0 aromatic heterocycles. The highest BCUT2D eigenvalue weighted by Crippen LogP contribution is 2.30. The molecule has 10 nitrogen and oxygen atoms in total. The van der Waals surface area contributed by atoms with Crippen LogP contribution in [0.3, 0.4) is 0 Å². The maximum absolute atomic E-state index is 13.9. The molecular formula is C24H29F2N3O7S. The zero-order chi connectivity index (χ0) is 28.1. The number of halogens is 2. The lowest BCUT2D eigenvalue weighted by atomic mass is 10.0. The van der Waals surface area contributed by atoms with Gasteiger partial charge in [0.1, 0.15) is 29.5 Å². The van der Waals surface area contributed by atoms with Crippen molar-refractivity contribution in [3.8, 4) is 16.9 Å². The van der Waals surface area contributed by atoms with Crippen LogP contribution in [-0.4, -0.2) is 62.7 Å². The van der Waals surface area contributed by atoms with Crippen molar-refractivity contribution in [2.24, 2.45) is 11.5 Å². The number of aromatic hydroxyl groups is 1. The number of phenols is 1. The first kappa shape index (κ1) is 31.5. The molecule has 0 bridgehead atoms. The highest BCUT2D eigenvalue weighted by Gasteiger charge is 2.22. The molecule has 0 heterocycles. The quantitative estimate of drug-likeness (QED) is 0.230. The molecule has 2 aromatic rings. The van der Waals surface area contributed by atoms with Crippen LogP contribution in [-0.2, 0) is 14.4 Å². The maximum atomic E-state index is 13.9. The molecule has 0 aliphatic carbocycles. The number of hydrogen-bond donors (Lipinski definition) is 6. The van der Waals surface area contributed by atoms with E-state index in [-0.39, 0.29) is 28.2 Å². The summed E-state index contributed by atoms with van der Waals surface area (Å²) in [7, 11) is 0. The van der Waals surface area contributed by atoms with E-state index in [0.29, 0.717) is 30.8 Å². The van der Waals surface area contributed by atoms with Gasteiger partial charge in [-0.15, -0.1) is 0 Å². The van der Waals surface area contributed by atoms with Crippen molar-refractivity contribution in [1.82, 2.24) is 5.32 Å². The van der Waals surface area contributed by atoms with Gasteiger partial charge >= 0.3 is 11.9 Å². The Bertz CT molecular complexity index is 1120. The minimum Gasteiger partial charge on any atom is -0.507 e. The third kappa shape index (κ3) is 10.9. The first-order chi connectivity index (χ1) is 17.4. The predicted molar refractivity (Wildman–Crippen MR) is 134 cm³/mol. The van der Waals surface area contributed by atoms with Gasteiger partial charge in [0.05, 0.1) is 5.56 Å². The van der Waals surface area contributed by atoms with E-state index in [1.165, 1.54) is 24.3 Å². The molecule has 0 saturated heterocycles. The zero-order valence-corrected chi connectivity index (χ0v) is 20.8. The second-order valence-corrected chi connectivity index (χ2v) is 8.77. The molecule has 2 rings (SSSR count). The number of hydrogen-bond acceptors (Lipinski definition) is 8. The van der Waals surface area contributed by atoms with Crippen LogP contribution in [0.4, 0.5) is 8.78 Å². The Morgan fingerprint density at radius 3 is 2.24 bits per heavy atom. The monoisotopic (exact) mass is 541 g/mol. The van der Waals surface area contributed by atoms with Crippen LogP contribution in [0.25, 0.3) is 11.1 Å². The number of carbonyl (C=O) groups is 4. The summed E-state index contributed by atoms with van der Waals surface area (Å²) in [5.41, 5.74) is 10.5. The lowest BCUT2D eigenvalue weighted by Gasteiger charge is -2.13. The minimum absolute atomic E-state index is 0.0390. The molecule has 0 saturated carbocycles. The van der Waals surface area contributed by atoms with E-state index in [0.717, 1.165) is 25.8 Å². The predicted octanol–water partition coefficient (Wildman–Crippen LogP) is 2.33. The van der Waals surface area contributed by atoms with E-state index in [1.54, 1.807) is 0 Å². The van der Waals surface area contributed by atoms with E-state index in [1.807, 2.05) is 0 Å². The van der Waals surface area contributed by atoms with Gasteiger partial charge in [-0.05, 0) is 49.2 Å². The summed E-state index contributed by atoms with van der Waals surface area (Å²) in [6, 6.07) is 4.75. The van der Waals surface area contributed by atoms with Crippen LogP contribution in [0.5, 0.6) is 5.75 Å². The Morgan fingerprint density at radius 1 is 1.03 bits per heavy atom. The third-order valence-electron chi connectivity index (χ3n) is 4.80. The zero-order valence-electron chi connectivity index (χ0n) is 19.9. The summed E-state index contributed by atoms with van der Waals surface area (Å²) in [5.74, 6) is -5.02. The molecule has 0 fully saturated rings. The lowest BCUT2D eigenvalue weighted by molar-refractivity contribution is -0.141. The van der Waals surface area contributed by atoms with Crippen LogP contribution >= 0.6 is 11.8 Å². The standard InChI is InChI=1S/C18H15F2NO5S.C6H14N2O2/c1-9(22)21-15(17(24)25)8-27-18(26)13-6-10(2-5-16(13)23)12-4-3-11(19)7-14(12)20;7-4-2-1-3-5(8)6(9)10/h2-7,15,23H,8H2,1H3,(H,21,22)(H,24,25);5H,1-4,7-8H2,(H,9,10)/t;5-/m.0/s1. The van der Waals surface area contributed by atoms with Gasteiger partial charge in [0.25, 0.3) is 0 Å². The van der Waals surface area contributed by atoms with Gasteiger partial charge in [-0.2, -0.15) is 0 Å². The topological polar surface area (TPSA) is 193 Å². The summed E-state index contributed by atoms with van der Waals surface area (Å²) in [5, 5.41) is 28.8. The number of phenolic OH excluding ortho intramolecular Hbond substituents is 1. The van der Waals surface area contributed by atoms with Crippen LogP contribution in [0.2, 0.25) is 0 Å². The molecule has 0 aliphatic heterocycles. The number of carbonyl (C=O) groups excluding carboxylic acids is 2. The van der Waals surface area contributed by atoms with Gasteiger partial charge in [-0.25, -0.2) is 13.6 Å². The van der Waals surface area contributed by atoms with Gasteiger partial charge in [0, 0.05) is 24.3 Å². The molecule has 13 heteroatoms. The van der Waals surface area contributed by atoms with Gasteiger partial charge in [0.2, 0.25) is 11.0 Å². The van der Waals surface area contributed by atoms with Crippen molar-refractivity contribution in [3.05, 3.63) is 53.6 Å². The van der Waals surface area contributed by atoms with Gasteiger partial charge in [-0.3, -0.25) is 14.4 Å². The molecule has 0 aliphatic rings. The third-order valence-corrected chi connectivity index (χ3v) is 5.78. The van der Waals surface area contributed by atoms with Gasteiger partial charge in [-0.1, -0.05) is 24.2 Å². The van der Waals surface area contributed by atoms with Crippen molar-refractivity contribution >= 4 is 34.7 Å². The fourth-order valence-electron chi connectivity index (χ4n) is 2.88. The molecule has 0 radical (unpaired) electrons. The smallest absolute Gasteiger partial charge is 0.327 e. The number of amides is 1. The normalized spacial score (nSPS) is 12.0. The number of carboxylic acids is 2. The largest absolute Gasteiger partial charge is 0.507 e. The van der Waals surface area contributed by atoms with E-state index in [2.05, 4.69) is 5.32 Å². The maximum Gasteiger partial charge on any atom is 0.327 e. The second-order valence-electron chi connectivity index (χ2n) is 7.78. The molecule has 202 valence electrons.